The van der Waals surface area contributed by atoms with Gasteiger partial charge in [0.2, 0.25) is 0 Å². The lowest BCUT2D eigenvalue weighted by atomic mass is 9.92. The molecule has 0 unspecified atom stereocenters. The largest absolute Gasteiger partial charge is 0.383 e. The SMILES string of the molecule is [B]c1cnc(N)c2ccc(F)cc12. The average molecular weight is 172 g/mol. The minimum atomic E-state index is -0.329. The van der Waals surface area contributed by atoms with Gasteiger partial charge >= 0.3 is 0 Å². The van der Waals surface area contributed by atoms with Crippen LogP contribution in [0.25, 0.3) is 10.8 Å². The molecule has 1 aromatic heterocycles. The highest BCUT2D eigenvalue weighted by Crippen LogP contribution is 2.17. The molecule has 2 radical (unpaired) electrons. The molecular weight excluding hydrogens is 166 g/mol. The summed E-state index contributed by atoms with van der Waals surface area (Å²) < 4.78 is 12.8. The number of nitrogen functional groups attached to an aromatic ring is 1. The van der Waals surface area contributed by atoms with Gasteiger partial charge in [0.1, 0.15) is 19.5 Å². The topological polar surface area (TPSA) is 38.9 Å². The molecule has 2 nitrogen and oxygen atoms in total. The smallest absolute Gasteiger partial charge is 0.131 e. The fourth-order valence-electron chi connectivity index (χ4n) is 1.26. The highest BCUT2D eigenvalue weighted by atomic mass is 19.1. The maximum Gasteiger partial charge on any atom is 0.131 e. The molecule has 0 aliphatic heterocycles. The number of nitrogens with zero attached hydrogens (tertiary/aromatic N) is 1. The summed E-state index contributed by atoms with van der Waals surface area (Å²) in [7, 11) is 5.61. The van der Waals surface area contributed by atoms with Crippen molar-refractivity contribution in [3.05, 3.63) is 30.2 Å². The number of rotatable bonds is 0. The molecule has 13 heavy (non-hydrogen) atoms. The molecule has 1 heterocycles. The molecule has 0 saturated carbocycles. The van der Waals surface area contributed by atoms with E-state index in [0.717, 1.165) is 0 Å². The second-order valence-electron chi connectivity index (χ2n) is 2.79. The van der Waals surface area contributed by atoms with Crippen molar-refractivity contribution in [1.29, 1.82) is 0 Å². The number of benzene rings is 1. The first-order valence-electron chi connectivity index (χ1n) is 3.77. The lowest BCUT2D eigenvalue weighted by Crippen LogP contribution is -2.07. The molecule has 0 saturated heterocycles. The Hall–Kier alpha value is -1.58. The first-order valence-corrected chi connectivity index (χ1v) is 3.77. The molecule has 2 aromatic rings. The Morgan fingerprint density at radius 3 is 2.85 bits per heavy atom. The standard InChI is InChI=1S/C9H6BFN2/c10-8-4-13-9(12)6-2-1-5(11)3-7(6)8/h1-4H,(H2,12,13). The van der Waals surface area contributed by atoms with E-state index in [0.29, 0.717) is 22.1 Å². The van der Waals surface area contributed by atoms with Crippen molar-refractivity contribution < 1.29 is 4.39 Å². The third kappa shape index (κ3) is 1.24. The molecule has 0 aliphatic carbocycles. The molecule has 0 fully saturated rings. The Kier molecular flexibility index (Phi) is 1.69. The zero-order valence-corrected chi connectivity index (χ0v) is 6.79. The summed E-state index contributed by atoms with van der Waals surface area (Å²) in [5.41, 5.74) is 6.02. The van der Waals surface area contributed by atoms with Crippen LogP contribution in [0.3, 0.4) is 0 Å². The van der Waals surface area contributed by atoms with Crippen molar-refractivity contribution in [3.63, 3.8) is 0 Å². The number of fused-ring (bicyclic) bond motifs is 1. The minimum Gasteiger partial charge on any atom is -0.383 e. The number of hydrogen-bond donors (Lipinski definition) is 1. The van der Waals surface area contributed by atoms with Gasteiger partial charge in [-0.2, -0.15) is 0 Å². The van der Waals surface area contributed by atoms with Crippen LogP contribution in [0.4, 0.5) is 10.2 Å². The van der Waals surface area contributed by atoms with Crippen LogP contribution in [0, 0.1) is 5.82 Å². The fourth-order valence-corrected chi connectivity index (χ4v) is 1.26. The van der Waals surface area contributed by atoms with Gasteiger partial charge in [0.25, 0.3) is 0 Å². The zero-order valence-electron chi connectivity index (χ0n) is 6.79. The van der Waals surface area contributed by atoms with E-state index in [1.165, 1.54) is 18.3 Å². The molecule has 2 N–H and O–H groups in total. The molecule has 2 rings (SSSR count). The third-order valence-electron chi connectivity index (χ3n) is 1.91. The Balaban J connectivity index is 2.92. The summed E-state index contributed by atoms with van der Waals surface area (Å²) in [5.74, 6) is 0.0361. The van der Waals surface area contributed by atoms with Gasteiger partial charge in [0.15, 0.2) is 0 Å². The summed E-state index contributed by atoms with van der Waals surface area (Å²) in [6, 6.07) is 4.26. The van der Waals surface area contributed by atoms with Crippen LogP contribution in [-0.2, 0) is 0 Å². The normalized spacial score (nSPS) is 10.5. The third-order valence-corrected chi connectivity index (χ3v) is 1.91. The van der Waals surface area contributed by atoms with Crippen molar-refractivity contribution >= 4 is 29.9 Å². The lowest BCUT2D eigenvalue weighted by Gasteiger charge is -2.03. The summed E-state index contributed by atoms with van der Waals surface area (Å²) in [4.78, 5) is 3.87. The van der Waals surface area contributed by atoms with Gasteiger partial charge in [-0.1, -0.05) is 5.46 Å². The molecule has 0 amide bonds. The number of anilines is 1. The van der Waals surface area contributed by atoms with Crippen LogP contribution >= 0.6 is 0 Å². The van der Waals surface area contributed by atoms with Crippen molar-refractivity contribution in [3.8, 4) is 0 Å². The van der Waals surface area contributed by atoms with Crippen molar-refractivity contribution in [1.82, 2.24) is 4.98 Å². The van der Waals surface area contributed by atoms with E-state index in [4.69, 9.17) is 13.6 Å². The fraction of sp³-hybridized carbons (Fsp3) is 0. The summed E-state index contributed by atoms with van der Waals surface area (Å²) >= 11 is 0. The first-order chi connectivity index (χ1) is 6.18. The summed E-state index contributed by atoms with van der Waals surface area (Å²) in [6.45, 7) is 0. The van der Waals surface area contributed by atoms with Crippen LogP contribution in [0.1, 0.15) is 0 Å². The number of nitrogens with two attached hydrogens (primary N) is 1. The second-order valence-corrected chi connectivity index (χ2v) is 2.79. The number of aromatic nitrogens is 1. The van der Waals surface area contributed by atoms with Gasteiger partial charge in [-0.3, -0.25) is 0 Å². The highest BCUT2D eigenvalue weighted by molar-refractivity contribution is 6.38. The molecule has 4 heteroatoms. The lowest BCUT2D eigenvalue weighted by molar-refractivity contribution is 0.630. The molecule has 0 atom stereocenters. The molecule has 1 aromatic carbocycles. The second kappa shape index (κ2) is 2.73. The number of halogens is 1. The van der Waals surface area contributed by atoms with Crippen molar-refractivity contribution in [2.75, 3.05) is 5.73 Å². The number of hydrogen-bond acceptors (Lipinski definition) is 2. The van der Waals surface area contributed by atoms with Gasteiger partial charge in [0, 0.05) is 11.6 Å². The van der Waals surface area contributed by atoms with Crippen LogP contribution in [0.5, 0.6) is 0 Å². The van der Waals surface area contributed by atoms with E-state index in [9.17, 15) is 4.39 Å². The maximum atomic E-state index is 12.8. The van der Waals surface area contributed by atoms with Crippen molar-refractivity contribution in [2.45, 2.75) is 0 Å². The Morgan fingerprint density at radius 2 is 2.08 bits per heavy atom. The Bertz CT molecular complexity index is 470. The monoisotopic (exact) mass is 172 g/mol. The van der Waals surface area contributed by atoms with E-state index in [-0.39, 0.29) is 5.82 Å². The van der Waals surface area contributed by atoms with E-state index < -0.39 is 0 Å². The highest BCUT2D eigenvalue weighted by Gasteiger charge is 2.02. The van der Waals surface area contributed by atoms with E-state index in [1.54, 1.807) is 6.07 Å². The molecular formula is C9H6BFN2. The predicted octanol–water partition coefficient (Wildman–Crippen LogP) is 0.750. The van der Waals surface area contributed by atoms with Crippen LogP contribution in [0.2, 0.25) is 0 Å². The van der Waals surface area contributed by atoms with Crippen LogP contribution in [0.15, 0.2) is 24.4 Å². The van der Waals surface area contributed by atoms with Gasteiger partial charge in [-0.05, 0) is 23.6 Å². The molecule has 0 bridgehead atoms. The predicted molar refractivity (Wildman–Crippen MR) is 51.5 cm³/mol. The molecule has 62 valence electrons. The molecule has 0 aliphatic rings. The van der Waals surface area contributed by atoms with Gasteiger partial charge in [0.05, 0.1) is 0 Å². The number of pyridine rings is 1. The van der Waals surface area contributed by atoms with E-state index in [2.05, 4.69) is 4.98 Å². The first kappa shape index (κ1) is 8.04. The summed E-state index contributed by atoms with van der Waals surface area (Å²) in [6.07, 6.45) is 1.43. The summed E-state index contributed by atoms with van der Waals surface area (Å²) in [5, 5.41) is 1.29. The Labute approximate surface area is 76.0 Å². The van der Waals surface area contributed by atoms with Gasteiger partial charge in [-0.15, -0.1) is 0 Å². The quantitative estimate of drug-likeness (QED) is 0.595. The van der Waals surface area contributed by atoms with E-state index >= 15 is 0 Å². The minimum absolute atomic E-state index is 0.329. The van der Waals surface area contributed by atoms with Crippen LogP contribution in [-0.4, -0.2) is 12.8 Å². The average Bonchev–Trinajstić information content (AvgIpc) is 2.12. The maximum absolute atomic E-state index is 12.8. The van der Waals surface area contributed by atoms with E-state index in [1.807, 2.05) is 0 Å². The van der Waals surface area contributed by atoms with Crippen LogP contribution < -0.4 is 11.2 Å². The van der Waals surface area contributed by atoms with Gasteiger partial charge < -0.3 is 5.73 Å². The van der Waals surface area contributed by atoms with Gasteiger partial charge in [-0.25, -0.2) is 9.37 Å². The Morgan fingerprint density at radius 1 is 1.31 bits per heavy atom. The molecule has 0 spiro atoms. The zero-order chi connectivity index (χ0) is 9.42. The van der Waals surface area contributed by atoms with Crippen molar-refractivity contribution in [2.24, 2.45) is 0 Å².